The molecule has 11 heteroatoms. The van der Waals surface area contributed by atoms with Gasteiger partial charge >= 0.3 is 0 Å². The topological polar surface area (TPSA) is 86.8 Å². The van der Waals surface area contributed by atoms with E-state index >= 15 is 0 Å². The van der Waals surface area contributed by atoms with Crippen LogP contribution in [0.2, 0.25) is 10.0 Å². The second-order valence-electron chi connectivity index (χ2n) is 9.01. The van der Waals surface area contributed by atoms with Gasteiger partial charge in [0.1, 0.15) is 12.6 Å². The molecule has 1 N–H and O–H groups in total. The van der Waals surface area contributed by atoms with Gasteiger partial charge in [0.25, 0.3) is 10.0 Å². The summed E-state index contributed by atoms with van der Waals surface area (Å²) in [7, 11) is -4.24. The van der Waals surface area contributed by atoms with Crippen molar-refractivity contribution in [1.29, 1.82) is 0 Å². The summed E-state index contributed by atoms with van der Waals surface area (Å²) in [5, 5.41) is 2.95. The molecule has 2 amide bonds. The quantitative estimate of drug-likeness (QED) is 0.267. The SMILES string of the molecule is CCCNC(=O)C(C)N(Cc1ccc(Br)cc1)C(=O)CN(c1cccc(Cl)c1Cl)S(=O)(=O)c1ccc(C)cc1. The van der Waals surface area contributed by atoms with Crippen LogP contribution in [0.5, 0.6) is 0 Å². The van der Waals surface area contributed by atoms with Crippen molar-refractivity contribution in [1.82, 2.24) is 10.2 Å². The average molecular weight is 655 g/mol. The fourth-order valence-corrected chi connectivity index (χ4v) is 5.94. The molecule has 0 saturated heterocycles. The third-order valence-corrected chi connectivity index (χ3v) is 9.18. The largest absolute Gasteiger partial charge is 0.354 e. The molecular weight excluding hydrogens is 625 g/mol. The molecule has 3 aromatic carbocycles. The molecule has 3 rings (SSSR count). The summed E-state index contributed by atoms with van der Waals surface area (Å²) in [6, 6.07) is 17.3. The zero-order chi connectivity index (χ0) is 28.7. The molecule has 1 unspecified atom stereocenters. The number of benzene rings is 3. The van der Waals surface area contributed by atoms with Crippen molar-refractivity contribution in [2.24, 2.45) is 0 Å². The van der Waals surface area contributed by atoms with Gasteiger partial charge in [0.15, 0.2) is 0 Å². The van der Waals surface area contributed by atoms with Gasteiger partial charge in [0, 0.05) is 17.6 Å². The molecule has 3 aromatic rings. The molecule has 0 spiro atoms. The van der Waals surface area contributed by atoms with Crippen LogP contribution in [-0.2, 0) is 26.2 Å². The molecule has 0 radical (unpaired) electrons. The molecule has 0 aliphatic carbocycles. The first-order valence-electron chi connectivity index (χ1n) is 12.3. The molecule has 0 aromatic heterocycles. The number of nitrogens with one attached hydrogen (secondary N) is 1. The fraction of sp³-hybridized carbons (Fsp3) is 0.286. The Hall–Kier alpha value is -2.59. The zero-order valence-electron chi connectivity index (χ0n) is 21.8. The van der Waals surface area contributed by atoms with Crippen LogP contribution in [0.25, 0.3) is 0 Å². The van der Waals surface area contributed by atoms with Crippen LogP contribution >= 0.6 is 39.1 Å². The second kappa shape index (κ2) is 13.7. The Balaban J connectivity index is 2.05. The van der Waals surface area contributed by atoms with Gasteiger partial charge in [-0.15, -0.1) is 0 Å². The Morgan fingerprint density at radius 1 is 1.00 bits per heavy atom. The molecule has 0 bridgehead atoms. The molecular formula is C28H30BrCl2N3O4S. The molecule has 7 nitrogen and oxygen atoms in total. The van der Waals surface area contributed by atoms with Crippen molar-refractivity contribution >= 4 is 66.7 Å². The lowest BCUT2D eigenvalue weighted by Crippen LogP contribution is -2.51. The normalized spacial score (nSPS) is 12.1. The van der Waals surface area contributed by atoms with E-state index in [9.17, 15) is 18.0 Å². The second-order valence-corrected chi connectivity index (χ2v) is 12.6. The number of carbonyl (C=O) groups excluding carboxylic acids is 2. The van der Waals surface area contributed by atoms with E-state index in [4.69, 9.17) is 23.2 Å². The highest BCUT2D eigenvalue weighted by molar-refractivity contribution is 9.10. The Morgan fingerprint density at radius 3 is 2.26 bits per heavy atom. The number of sulfonamides is 1. The van der Waals surface area contributed by atoms with E-state index in [-0.39, 0.29) is 33.1 Å². The number of amides is 2. The highest BCUT2D eigenvalue weighted by atomic mass is 79.9. The number of rotatable bonds is 11. The first-order valence-corrected chi connectivity index (χ1v) is 15.3. The molecule has 39 heavy (non-hydrogen) atoms. The van der Waals surface area contributed by atoms with Gasteiger partial charge in [-0.2, -0.15) is 0 Å². The lowest BCUT2D eigenvalue weighted by molar-refractivity contribution is -0.139. The standard InChI is InChI=1S/C28H30BrCl2N3O4S/c1-4-16-32-28(36)20(3)33(17-21-10-12-22(29)13-11-21)26(35)18-34(25-7-5-6-24(30)27(25)31)39(37,38)23-14-8-19(2)9-15-23/h5-15,20H,4,16-18H2,1-3H3,(H,32,36). The zero-order valence-corrected chi connectivity index (χ0v) is 25.7. The maximum absolute atomic E-state index is 13.9. The lowest BCUT2D eigenvalue weighted by Gasteiger charge is -2.32. The average Bonchev–Trinajstić information content (AvgIpc) is 2.91. The first kappa shape index (κ1) is 30.9. The van der Waals surface area contributed by atoms with E-state index in [0.717, 1.165) is 26.3 Å². The maximum Gasteiger partial charge on any atom is 0.264 e. The summed E-state index contributed by atoms with van der Waals surface area (Å²) in [6.07, 6.45) is 0.731. The number of hydrogen-bond acceptors (Lipinski definition) is 4. The summed E-state index contributed by atoms with van der Waals surface area (Å²) >= 11 is 16.1. The predicted molar refractivity (Wildman–Crippen MR) is 160 cm³/mol. The monoisotopic (exact) mass is 653 g/mol. The smallest absolute Gasteiger partial charge is 0.264 e. The predicted octanol–water partition coefficient (Wildman–Crippen LogP) is 6.20. The van der Waals surface area contributed by atoms with Crippen molar-refractivity contribution in [3.63, 3.8) is 0 Å². The van der Waals surface area contributed by atoms with Gasteiger partial charge in [-0.1, -0.05) is 82.0 Å². The summed E-state index contributed by atoms with van der Waals surface area (Å²) in [6.45, 7) is 5.34. The Kier molecular flexibility index (Phi) is 10.8. The summed E-state index contributed by atoms with van der Waals surface area (Å²) < 4.78 is 29.6. The Morgan fingerprint density at radius 2 is 1.64 bits per heavy atom. The maximum atomic E-state index is 13.9. The van der Waals surface area contributed by atoms with Crippen LogP contribution < -0.4 is 9.62 Å². The van der Waals surface area contributed by atoms with Crippen LogP contribution in [0.4, 0.5) is 5.69 Å². The number of carbonyl (C=O) groups is 2. The highest BCUT2D eigenvalue weighted by Gasteiger charge is 2.33. The van der Waals surface area contributed by atoms with Crippen LogP contribution in [0.3, 0.4) is 0 Å². The highest BCUT2D eigenvalue weighted by Crippen LogP contribution is 2.35. The number of hydrogen-bond donors (Lipinski definition) is 1. The van der Waals surface area contributed by atoms with Gasteiger partial charge in [0.05, 0.1) is 20.6 Å². The van der Waals surface area contributed by atoms with E-state index in [1.54, 1.807) is 25.1 Å². The Bertz CT molecular complexity index is 1420. The first-order chi connectivity index (χ1) is 18.4. The van der Waals surface area contributed by atoms with Crippen LogP contribution in [0, 0.1) is 6.92 Å². The number of halogens is 3. The Labute approximate surface area is 248 Å². The van der Waals surface area contributed by atoms with Gasteiger partial charge in [-0.05, 0) is 62.2 Å². The fourth-order valence-electron chi connectivity index (χ4n) is 3.80. The van der Waals surface area contributed by atoms with Crippen LogP contribution in [0.1, 0.15) is 31.4 Å². The minimum Gasteiger partial charge on any atom is -0.354 e. The summed E-state index contributed by atoms with van der Waals surface area (Å²) in [4.78, 5) is 28.2. The van der Waals surface area contributed by atoms with E-state index in [0.29, 0.717) is 6.54 Å². The number of aryl methyl sites for hydroxylation is 1. The van der Waals surface area contributed by atoms with Gasteiger partial charge < -0.3 is 10.2 Å². The van der Waals surface area contributed by atoms with E-state index in [1.165, 1.54) is 29.2 Å². The van der Waals surface area contributed by atoms with Crippen LogP contribution in [-0.4, -0.2) is 44.3 Å². The van der Waals surface area contributed by atoms with Crippen molar-refractivity contribution in [3.05, 3.63) is 92.4 Å². The molecule has 1 atom stereocenters. The molecule has 0 fully saturated rings. The third kappa shape index (κ3) is 7.75. The van der Waals surface area contributed by atoms with Gasteiger partial charge in [0.2, 0.25) is 11.8 Å². The number of anilines is 1. The van der Waals surface area contributed by atoms with E-state index in [2.05, 4.69) is 21.2 Å². The lowest BCUT2D eigenvalue weighted by atomic mass is 10.1. The number of nitrogens with zero attached hydrogens (tertiary/aromatic N) is 2. The minimum atomic E-state index is -4.24. The van der Waals surface area contributed by atoms with Crippen molar-refractivity contribution < 1.29 is 18.0 Å². The summed E-state index contributed by atoms with van der Waals surface area (Å²) in [5.74, 6) is -0.917. The van der Waals surface area contributed by atoms with Crippen molar-refractivity contribution in [2.45, 2.75) is 44.7 Å². The molecule has 0 aliphatic heterocycles. The van der Waals surface area contributed by atoms with Gasteiger partial charge in [-0.3, -0.25) is 13.9 Å². The molecule has 0 saturated carbocycles. The van der Waals surface area contributed by atoms with Gasteiger partial charge in [-0.25, -0.2) is 8.42 Å². The molecule has 0 aliphatic rings. The van der Waals surface area contributed by atoms with Crippen molar-refractivity contribution in [2.75, 3.05) is 17.4 Å². The van der Waals surface area contributed by atoms with Crippen LogP contribution in [0.15, 0.2) is 76.1 Å². The third-order valence-electron chi connectivity index (χ3n) is 6.07. The van der Waals surface area contributed by atoms with E-state index < -0.39 is 28.5 Å². The molecule has 208 valence electrons. The van der Waals surface area contributed by atoms with Crippen molar-refractivity contribution in [3.8, 4) is 0 Å². The molecule has 0 heterocycles. The van der Waals surface area contributed by atoms with E-state index in [1.807, 2.05) is 38.1 Å². The summed E-state index contributed by atoms with van der Waals surface area (Å²) in [5.41, 5.74) is 1.71. The minimum absolute atomic E-state index is 0.00384.